The SMILES string of the molecule is CCn1cc(CCCC(=O)NC(C)C)c2ccccc21. The minimum absolute atomic E-state index is 0.152. The van der Waals surface area contributed by atoms with Crippen molar-refractivity contribution in [1.82, 2.24) is 9.88 Å². The van der Waals surface area contributed by atoms with E-state index < -0.39 is 0 Å². The molecule has 0 saturated carbocycles. The van der Waals surface area contributed by atoms with E-state index in [0.717, 1.165) is 19.4 Å². The Bertz CT molecular complexity index is 584. The fourth-order valence-electron chi connectivity index (χ4n) is 2.62. The Kier molecular flexibility index (Phi) is 4.83. The molecule has 1 aromatic carbocycles. The van der Waals surface area contributed by atoms with Crippen molar-refractivity contribution in [2.75, 3.05) is 0 Å². The Morgan fingerprint density at radius 2 is 2.05 bits per heavy atom. The molecule has 0 bridgehead atoms. The van der Waals surface area contributed by atoms with E-state index in [1.165, 1.54) is 16.5 Å². The van der Waals surface area contributed by atoms with Gasteiger partial charge in [0.15, 0.2) is 0 Å². The lowest BCUT2D eigenvalue weighted by Gasteiger charge is -2.07. The number of aromatic nitrogens is 1. The maximum absolute atomic E-state index is 11.7. The first kappa shape index (κ1) is 14.6. The third kappa shape index (κ3) is 3.41. The first-order chi connectivity index (χ1) is 9.61. The monoisotopic (exact) mass is 272 g/mol. The van der Waals surface area contributed by atoms with Gasteiger partial charge in [0.05, 0.1) is 0 Å². The van der Waals surface area contributed by atoms with Crippen LogP contribution in [0.25, 0.3) is 10.9 Å². The van der Waals surface area contributed by atoms with Gasteiger partial charge in [0.1, 0.15) is 0 Å². The lowest BCUT2D eigenvalue weighted by Crippen LogP contribution is -2.29. The molecule has 0 spiro atoms. The molecule has 0 radical (unpaired) electrons. The standard InChI is InChI=1S/C17H24N2O/c1-4-19-12-14(15-9-5-6-10-16(15)19)8-7-11-17(20)18-13(2)3/h5-6,9-10,12-13H,4,7-8,11H2,1-3H3,(H,18,20). The van der Waals surface area contributed by atoms with Crippen molar-refractivity contribution in [2.24, 2.45) is 0 Å². The molecule has 3 nitrogen and oxygen atoms in total. The van der Waals surface area contributed by atoms with Gasteiger partial charge in [-0.1, -0.05) is 18.2 Å². The molecule has 1 heterocycles. The predicted octanol–water partition coefficient (Wildman–Crippen LogP) is 3.51. The van der Waals surface area contributed by atoms with Crippen LogP contribution < -0.4 is 5.32 Å². The number of fused-ring (bicyclic) bond motifs is 1. The number of nitrogens with one attached hydrogen (secondary N) is 1. The second-order valence-electron chi connectivity index (χ2n) is 5.53. The molecule has 108 valence electrons. The average Bonchev–Trinajstić information content (AvgIpc) is 2.76. The zero-order chi connectivity index (χ0) is 14.5. The topological polar surface area (TPSA) is 34.0 Å². The van der Waals surface area contributed by atoms with E-state index >= 15 is 0 Å². The molecule has 2 aromatic rings. The summed E-state index contributed by atoms with van der Waals surface area (Å²) in [6.07, 6.45) is 4.68. The van der Waals surface area contributed by atoms with Crippen molar-refractivity contribution in [3.63, 3.8) is 0 Å². The molecule has 0 saturated heterocycles. The zero-order valence-corrected chi connectivity index (χ0v) is 12.6. The zero-order valence-electron chi connectivity index (χ0n) is 12.6. The van der Waals surface area contributed by atoms with Crippen molar-refractivity contribution in [3.05, 3.63) is 36.0 Å². The van der Waals surface area contributed by atoms with Gasteiger partial charge in [-0.2, -0.15) is 0 Å². The Balaban J connectivity index is 2.01. The van der Waals surface area contributed by atoms with Crippen LogP contribution in [0.5, 0.6) is 0 Å². The Labute approximate surface area is 121 Å². The number of carbonyl (C=O) groups is 1. The molecule has 3 heteroatoms. The van der Waals surface area contributed by atoms with Gasteiger partial charge in [-0.25, -0.2) is 0 Å². The van der Waals surface area contributed by atoms with Crippen molar-refractivity contribution in [2.45, 2.75) is 52.6 Å². The van der Waals surface area contributed by atoms with E-state index in [1.54, 1.807) is 0 Å². The first-order valence-electron chi connectivity index (χ1n) is 7.48. The minimum Gasteiger partial charge on any atom is -0.354 e. The van der Waals surface area contributed by atoms with E-state index in [9.17, 15) is 4.79 Å². The number of hydrogen-bond donors (Lipinski definition) is 1. The molecule has 0 atom stereocenters. The van der Waals surface area contributed by atoms with Crippen LogP contribution in [0.3, 0.4) is 0 Å². The lowest BCUT2D eigenvalue weighted by molar-refractivity contribution is -0.121. The van der Waals surface area contributed by atoms with E-state index in [1.807, 2.05) is 13.8 Å². The number of nitrogens with zero attached hydrogens (tertiary/aromatic N) is 1. The van der Waals surface area contributed by atoms with Crippen LogP contribution in [0.2, 0.25) is 0 Å². The number of rotatable bonds is 6. The summed E-state index contributed by atoms with van der Waals surface area (Å²) in [5.74, 6) is 0.152. The minimum atomic E-state index is 0.152. The summed E-state index contributed by atoms with van der Waals surface area (Å²) in [7, 11) is 0. The third-order valence-corrected chi connectivity index (χ3v) is 3.51. The summed E-state index contributed by atoms with van der Waals surface area (Å²) < 4.78 is 2.28. The van der Waals surface area contributed by atoms with Gasteiger partial charge in [0.25, 0.3) is 0 Å². The van der Waals surface area contributed by atoms with Crippen LogP contribution in [-0.2, 0) is 17.8 Å². The fraction of sp³-hybridized carbons (Fsp3) is 0.471. The van der Waals surface area contributed by atoms with Gasteiger partial charge < -0.3 is 9.88 Å². The molecule has 0 aliphatic rings. The molecule has 0 fully saturated rings. The second-order valence-corrected chi connectivity index (χ2v) is 5.53. The van der Waals surface area contributed by atoms with Gasteiger partial charge in [-0.15, -0.1) is 0 Å². The lowest BCUT2D eigenvalue weighted by atomic mass is 10.1. The van der Waals surface area contributed by atoms with Crippen LogP contribution in [0, 0.1) is 0 Å². The summed E-state index contributed by atoms with van der Waals surface area (Å²) in [5.41, 5.74) is 2.64. The van der Waals surface area contributed by atoms with Crippen molar-refractivity contribution in [1.29, 1.82) is 0 Å². The fourth-order valence-corrected chi connectivity index (χ4v) is 2.62. The van der Waals surface area contributed by atoms with Crippen molar-refractivity contribution >= 4 is 16.8 Å². The number of hydrogen-bond acceptors (Lipinski definition) is 1. The molecule has 1 amide bonds. The van der Waals surface area contributed by atoms with Crippen LogP contribution in [0.4, 0.5) is 0 Å². The van der Waals surface area contributed by atoms with E-state index in [2.05, 4.69) is 47.3 Å². The first-order valence-corrected chi connectivity index (χ1v) is 7.48. The van der Waals surface area contributed by atoms with E-state index in [0.29, 0.717) is 6.42 Å². The number of para-hydroxylation sites is 1. The molecule has 0 aliphatic carbocycles. The van der Waals surface area contributed by atoms with E-state index in [4.69, 9.17) is 0 Å². The third-order valence-electron chi connectivity index (χ3n) is 3.51. The van der Waals surface area contributed by atoms with Gasteiger partial charge in [-0.05, 0) is 45.2 Å². The molecule has 0 aliphatic heterocycles. The highest BCUT2D eigenvalue weighted by molar-refractivity contribution is 5.84. The molecular weight excluding hydrogens is 248 g/mol. The number of aryl methyl sites for hydroxylation is 2. The van der Waals surface area contributed by atoms with Gasteiger partial charge >= 0.3 is 0 Å². The summed E-state index contributed by atoms with van der Waals surface area (Å²) in [6.45, 7) is 7.13. The van der Waals surface area contributed by atoms with Gasteiger partial charge in [-0.3, -0.25) is 4.79 Å². The Morgan fingerprint density at radius 1 is 1.30 bits per heavy atom. The summed E-state index contributed by atoms with van der Waals surface area (Å²) in [4.78, 5) is 11.7. The van der Waals surface area contributed by atoms with Gasteiger partial charge in [0.2, 0.25) is 5.91 Å². The van der Waals surface area contributed by atoms with Gasteiger partial charge in [0, 0.05) is 36.1 Å². The van der Waals surface area contributed by atoms with E-state index in [-0.39, 0.29) is 11.9 Å². The molecule has 0 unspecified atom stereocenters. The average molecular weight is 272 g/mol. The highest BCUT2D eigenvalue weighted by atomic mass is 16.1. The maximum atomic E-state index is 11.7. The largest absolute Gasteiger partial charge is 0.354 e. The molecule has 2 rings (SSSR count). The molecular formula is C17H24N2O. The van der Waals surface area contributed by atoms with Crippen LogP contribution in [0.15, 0.2) is 30.5 Å². The maximum Gasteiger partial charge on any atom is 0.220 e. The summed E-state index contributed by atoms with van der Waals surface area (Å²) in [5, 5.41) is 4.26. The summed E-state index contributed by atoms with van der Waals surface area (Å²) in [6, 6.07) is 8.72. The Morgan fingerprint density at radius 3 is 2.75 bits per heavy atom. The number of carbonyl (C=O) groups excluding carboxylic acids is 1. The van der Waals surface area contributed by atoms with Crippen LogP contribution >= 0.6 is 0 Å². The molecule has 1 N–H and O–H groups in total. The van der Waals surface area contributed by atoms with Crippen molar-refractivity contribution < 1.29 is 4.79 Å². The molecule has 20 heavy (non-hydrogen) atoms. The second kappa shape index (κ2) is 6.60. The smallest absolute Gasteiger partial charge is 0.220 e. The van der Waals surface area contributed by atoms with Crippen LogP contribution in [-0.4, -0.2) is 16.5 Å². The van der Waals surface area contributed by atoms with Crippen molar-refractivity contribution in [3.8, 4) is 0 Å². The summed E-state index contributed by atoms with van der Waals surface area (Å²) >= 11 is 0. The number of benzene rings is 1. The normalized spacial score (nSPS) is 11.2. The highest BCUT2D eigenvalue weighted by Crippen LogP contribution is 2.22. The Hall–Kier alpha value is -1.77. The number of amides is 1. The van der Waals surface area contributed by atoms with Crippen LogP contribution in [0.1, 0.15) is 39.2 Å². The predicted molar refractivity (Wildman–Crippen MR) is 83.8 cm³/mol. The quantitative estimate of drug-likeness (QED) is 0.858. The molecule has 1 aromatic heterocycles. The highest BCUT2D eigenvalue weighted by Gasteiger charge is 2.08.